The van der Waals surface area contributed by atoms with Gasteiger partial charge in [0.25, 0.3) is 17.7 Å². The summed E-state index contributed by atoms with van der Waals surface area (Å²) in [7, 11) is 0. The maximum absolute atomic E-state index is 12.8. The Bertz CT molecular complexity index is 738. The Morgan fingerprint density at radius 3 is 2.22 bits per heavy atom. The molecule has 1 aliphatic rings. The van der Waals surface area contributed by atoms with Gasteiger partial charge in [-0.2, -0.15) is 0 Å². The van der Waals surface area contributed by atoms with E-state index >= 15 is 0 Å². The van der Waals surface area contributed by atoms with Crippen LogP contribution in [-0.2, 0) is 14.3 Å². The zero-order valence-electron chi connectivity index (χ0n) is 15.7. The van der Waals surface area contributed by atoms with Gasteiger partial charge in [0.05, 0.1) is 11.1 Å². The van der Waals surface area contributed by atoms with Gasteiger partial charge >= 0.3 is 5.97 Å². The minimum Gasteiger partial charge on any atom is -0.451 e. The molecule has 7 nitrogen and oxygen atoms in total. The topological polar surface area (TPSA) is 92.8 Å². The minimum atomic E-state index is -1.10. The van der Waals surface area contributed by atoms with Crippen LogP contribution in [0.25, 0.3) is 0 Å². The molecule has 3 amide bonds. The Labute approximate surface area is 158 Å². The molecule has 0 bridgehead atoms. The standard InChI is InChI=1S/C20H24N2O5/c1-5-11-21-17(23)13(4)27-20(26)16(12(3)6-2)22-18(24)14-9-7-8-10-15(14)19(22)25/h5,7-10,12-13,16H,1,6,11H2,2-4H3,(H,21,23)/t12-,13-,16-/m0/s1. The Hall–Kier alpha value is -2.96. The second-order valence-corrected chi connectivity index (χ2v) is 6.47. The van der Waals surface area contributed by atoms with Gasteiger partial charge in [-0.25, -0.2) is 4.79 Å². The minimum absolute atomic E-state index is 0.244. The van der Waals surface area contributed by atoms with E-state index in [4.69, 9.17) is 4.74 Å². The van der Waals surface area contributed by atoms with Gasteiger partial charge in [-0.15, -0.1) is 6.58 Å². The number of esters is 1. The number of rotatable bonds is 8. The van der Waals surface area contributed by atoms with Crippen molar-refractivity contribution >= 4 is 23.7 Å². The van der Waals surface area contributed by atoms with E-state index in [1.807, 2.05) is 6.92 Å². The Morgan fingerprint density at radius 1 is 1.19 bits per heavy atom. The molecule has 7 heteroatoms. The van der Waals surface area contributed by atoms with E-state index in [0.717, 1.165) is 4.90 Å². The van der Waals surface area contributed by atoms with Crippen LogP contribution in [0.3, 0.4) is 0 Å². The van der Waals surface area contributed by atoms with Crippen LogP contribution in [0, 0.1) is 5.92 Å². The SMILES string of the molecule is C=CCNC(=O)[C@H](C)OC(=O)[C@H]([C@@H](C)CC)N1C(=O)c2ccccc2C1=O. The van der Waals surface area contributed by atoms with Gasteiger partial charge in [0.1, 0.15) is 6.04 Å². The molecule has 1 aromatic rings. The number of fused-ring (bicyclic) bond motifs is 1. The predicted molar refractivity (Wildman–Crippen MR) is 98.9 cm³/mol. The zero-order valence-corrected chi connectivity index (χ0v) is 15.7. The lowest BCUT2D eigenvalue weighted by molar-refractivity contribution is -0.159. The molecule has 1 N–H and O–H groups in total. The fourth-order valence-electron chi connectivity index (χ4n) is 2.89. The summed E-state index contributed by atoms with van der Waals surface area (Å²) in [5.41, 5.74) is 0.528. The largest absolute Gasteiger partial charge is 0.451 e. The third-order valence-corrected chi connectivity index (χ3v) is 4.61. The van der Waals surface area contributed by atoms with Crippen LogP contribution in [0.5, 0.6) is 0 Å². The molecule has 0 aliphatic carbocycles. The predicted octanol–water partition coefficient (Wildman–Crippen LogP) is 1.93. The lowest BCUT2D eigenvalue weighted by atomic mass is 9.97. The van der Waals surface area contributed by atoms with E-state index in [1.54, 1.807) is 31.2 Å². The maximum atomic E-state index is 12.8. The van der Waals surface area contributed by atoms with Gasteiger partial charge in [0, 0.05) is 6.54 Å². The molecule has 3 atom stereocenters. The van der Waals surface area contributed by atoms with Crippen molar-refractivity contribution in [3.63, 3.8) is 0 Å². The molecule has 0 fully saturated rings. The van der Waals surface area contributed by atoms with Crippen molar-refractivity contribution < 1.29 is 23.9 Å². The molecular formula is C20H24N2O5. The van der Waals surface area contributed by atoms with E-state index in [1.165, 1.54) is 13.0 Å². The summed E-state index contributed by atoms with van der Waals surface area (Å²) < 4.78 is 5.27. The highest BCUT2D eigenvalue weighted by Gasteiger charge is 2.45. The number of imide groups is 1. The van der Waals surface area contributed by atoms with Crippen LogP contribution in [0.4, 0.5) is 0 Å². The van der Waals surface area contributed by atoms with Crippen LogP contribution in [-0.4, -0.2) is 47.3 Å². The number of hydrogen-bond donors (Lipinski definition) is 1. The molecule has 1 aromatic carbocycles. The van der Waals surface area contributed by atoms with Crippen LogP contribution >= 0.6 is 0 Å². The first kappa shape index (κ1) is 20.4. The molecule has 0 radical (unpaired) electrons. The molecule has 2 rings (SSSR count). The summed E-state index contributed by atoms with van der Waals surface area (Å²) in [6.45, 7) is 8.79. The first-order valence-corrected chi connectivity index (χ1v) is 8.89. The normalized spacial score (nSPS) is 16.3. The van der Waals surface area contributed by atoms with Crippen LogP contribution in [0.2, 0.25) is 0 Å². The molecule has 0 unspecified atom stereocenters. The molecule has 0 spiro atoms. The average molecular weight is 372 g/mol. The van der Waals surface area contributed by atoms with E-state index < -0.39 is 35.8 Å². The van der Waals surface area contributed by atoms with Crippen molar-refractivity contribution in [3.8, 4) is 0 Å². The van der Waals surface area contributed by atoms with Gasteiger partial charge in [-0.1, -0.05) is 38.5 Å². The first-order chi connectivity index (χ1) is 12.8. The van der Waals surface area contributed by atoms with Gasteiger partial charge in [-0.05, 0) is 25.0 Å². The van der Waals surface area contributed by atoms with Gasteiger partial charge in [0.2, 0.25) is 0 Å². The van der Waals surface area contributed by atoms with Crippen molar-refractivity contribution in [1.29, 1.82) is 0 Å². The highest BCUT2D eigenvalue weighted by molar-refractivity contribution is 6.22. The second-order valence-electron chi connectivity index (χ2n) is 6.47. The van der Waals surface area contributed by atoms with Crippen LogP contribution < -0.4 is 5.32 Å². The maximum Gasteiger partial charge on any atom is 0.330 e. The molecule has 144 valence electrons. The summed E-state index contributed by atoms with van der Waals surface area (Å²) in [5.74, 6) is -2.64. The number of hydrogen-bond acceptors (Lipinski definition) is 5. The van der Waals surface area contributed by atoms with E-state index in [0.29, 0.717) is 6.42 Å². The highest BCUT2D eigenvalue weighted by Crippen LogP contribution is 2.28. The summed E-state index contributed by atoms with van der Waals surface area (Å²) in [6.07, 6.45) is 0.997. The number of carbonyl (C=O) groups excluding carboxylic acids is 4. The van der Waals surface area contributed by atoms with Gasteiger partial charge < -0.3 is 10.1 Å². The molecule has 1 aliphatic heterocycles. The van der Waals surface area contributed by atoms with Crippen molar-refractivity contribution in [2.24, 2.45) is 5.92 Å². The third-order valence-electron chi connectivity index (χ3n) is 4.61. The lowest BCUT2D eigenvalue weighted by Crippen LogP contribution is -2.50. The summed E-state index contributed by atoms with van der Waals surface area (Å²) in [5, 5.41) is 2.54. The third kappa shape index (κ3) is 4.07. The van der Waals surface area contributed by atoms with Crippen LogP contribution in [0.1, 0.15) is 47.9 Å². The second kappa shape index (κ2) is 8.62. The molecule has 0 saturated heterocycles. The van der Waals surface area contributed by atoms with E-state index in [9.17, 15) is 19.2 Å². The summed E-state index contributed by atoms with van der Waals surface area (Å²) in [6, 6.07) is 5.34. The molecule has 1 heterocycles. The van der Waals surface area contributed by atoms with E-state index in [-0.39, 0.29) is 23.6 Å². The number of amides is 3. The van der Waals surface area contributed by atoms with Crippen molar-refractivity contribution in [3.05, 3.63) is 48.0 Å². The van der Waals surface area contributed by atoms with Gasteiger partial charge in [-0.3, -0.25) is 19.3 Å². The van der Waals surface area contributed by atoms with E-state index in [2.05, 4.69) is 11.9 Å². The lowest BCUT2D eigenvalue weighted by Gasteiger charge is -2.29. The molecule has 0 aromatic heterocycles. The number of carbonyl (C=O) groups is 4. The number of benzene rings is 1. The number of nitrogens with zero attached hydrogens (tertiary/aromatic N) is 1. The Morgan fingerprint density at radius 2 is 1.74 bits per heavy atom. The fraction of sp³-hybridized carbons (Fsp3) is 0.400. The molecule has 0 saturated carbocycles. The quantitative estimate of drug-likeness (QED) is 0.428. The van der Waals surface area contributed by atoms with Crippen molar-refractivity contribution in [2.75, 3.05) is 6.54 Å². The number of nitrogens with one attached hydrogen (secondary N) is 1. The summed E-state index contributed by atoms with van der Waals surface area (Å²) >= 11 is 0. The Balaban J connectivity index is 2.25. The van der Waals surface area contributed by atoms with Crippen molar-refractivity contribution in [1.82, 2.24) is 10.2 Å². The average Bonchev–Trinajstić information content (AvgIpc) is 2.91. The monoisotopic (exact) mass is 372 g/mol. The summed E-state index contributed by atoms with van der Waals surface area (Å²) in [4.78, 5) is 51.2. The smallest absolute Gasteiger partial charge is 0.330 e. The Kier molecular flexibility index (Phi) is 6.50. The van der Waals surface area contributed by atoms with Crippen LogP contribution in [0.15, 0.2) is 36.9 Å². The highest BCUT2D eigenvalue weighted by atomic mass is 16.5. The zero-order chi connectivity index (χ0) is 20.1. The molecular weight excluding hydrogens is 348 g/mol. The fourth-order valence-corrected chi connectivity index (χ4v) is 2.89. The number of ether oxygens (including phenoxy) is 1. The van der Waals surface area contributed by atoms with Gasteiger partial charge in [0.15, 0.2) is 6.10 Å². The molecule has 27 heavy (non-hydrogen) atoms. The first-order valence-electron chi connectivity index (χ1n) is 8.89. The van der Waals surface area contributed by atoms with Crippen molar-refractivity contribution in [2.45, 2.75) is 39.3 Å².